The number of carbonyl (C=O) groups excluding carboxylic acids is 1. The number of aromatic nitrogens is 1. The fourth-order valence-electron chi connectivity index (χ4n) is 3.22. The topological polar surface area (TPSA) is 78.4 Å². The number of fused-ring (bicyclic) bond motifs is 1. The van der Waals surface area contributed by atoms with Crippen LogP contribution in [0.1, 0.15) is 29.0 Å². The minimum absolute atomic E-state index is 0. The van der Waals surface area contributed by atoms with E-state index in [1.807, 2.05) is 36.7 Å². The Morgan fingerprint density at radius 3 is 2.89 bits per heavy atom. The molecule has 3 N–H and O–H groups in total. The number of nitrogens with one attached hydrogen (secondary N) is 3. The Balaban J connectivity index is 0.00000261. The summed E-state index contributed by atoms with van der Waals surface area (Å²) in [6.07, 6.45) is 5.09. The Morgan fingerprint density at radius 2 is 2.11 bits per heavy atom. The zero-order valence-electron chi connectivity index (χ0n) is 15.7. The van der Waals surface area contributed by atoms with Crippen LogP contribution in [0.25, 0.3) is 0 Å². The molecule has 7 heteroatoms. The molecule has 1 aliphatic rings. The Hall–Kier alpha value is -2.16. The molecule has 2 heterocycles. The molecule has 0 spiro atoms. The molecular weight excluding hydrogens is 453 g/mol. The number of guanidine groups is 1. The lowest BCUT2D eigenvalue weighted by molar-refractivity contribution is -0.116. The summed E-state index contributed by atoms with van der Waals surface area (Å²) in [7, 11) is 1.76. The molecule has 1 aromatic carbocycles. The maximum atomic E-state index is 11.9. The van der Waals surface area contributed by atoms with Crippen LogP contribution < -0.4 is 16.0 Å². The molecule has 144 valence electrons. The average molecular weight is 479 g/mol. The fraction of sp³-hybridized carbons (Fsp3) is 0.350. The van der Waals surface area contributed by atoms with Gasteiger partial charge in [0.15, 0.2) is 5.96 Å². The molecule has 0 saturated heterocycles. The van der Waals surface area contributed by atoms with Crippen molar-refractivity contribution in [3.63, 3.8) is 0 Å². The van der Waals surface area contributed by atoms with Crippen LogP contribution in [-0.2, 0) is 11.2 Å². The highest BCUT2D eigenvalue weighted by atomic mass is 127. The van der Waals surface area contributed by atoms with E-state index in [9.17, 15) is 4.79 Å². The molecule has 1 aliphatic heterocycles. The number of hydrogen-bond donors (Lipinski definition) is 3. The Kier molecular flexibility index (Phi) is 8.02. The Bertz CT molecular complexity index is 808. The van der Waals surface area contributed by atoms with Gasteiger partial charge in [-0.1, -0.05) is 18.2 Å². The Morgan fingerprint density at radius 1 is 1.30 bits per heavy atom. The van der Waals surface area contributed by atoms with Gasteiger partial charge in [-0.25, -0.2) is 0 Å². The molecule has 6 nitrogen and oxygen atoms in total. The maximum absolute atomic E-state index is 11.9. The van der Waals surface area contributed by atoms with Crippen LogP contribution >= 0.6 is 24.0 Å². The van der Waals surface area contributed by atoms with Crippen molar-refractivity contribution < 1.29 is 4.79 Å². The lowest BCUT2D eigenvalue weighted by Gasteiger charge is -2.26. The second kappa shape index (κ2) is 10.2. The molecule has 1 atom stereocenters. The van der Waals surface area contributed by atoms with E-state index in [0.29, 0.717) is 13.0 Å². The van der Waals surface area contributed by atoms with E-state index in [0.717, 1.165) is 24.6 Å². The van der Waals surface area contributed by atoms with Gasteiger partial charge in [-0.05, 0) is 42.2 Å². The third-order valence-corrected chi connectivity index (χ3v) is 4.67. The van der Waals surface area contributed by atoms with Gasteiger partial charge >= 0.3 is 0 Å². The van der Waals surface area contributed by atoms with Crippen LogP contribution in [0.2, 0.25) is 0 Å². The number of nitrogens with zero attached hydrogens (tertiary/aromatic N) is 2. The highest BCUT2D eigenvalue weighted by molar-refractivity contribution is 14.0. The first-order valence-electron chi connectivity index (χ1n) is 8.90. The molecule has 0 aliphatic carbocycles. The van der Waals surface area contributed by atoms with Crippen molar-refractivity contribution in [3.8, 4) is 0 Å². The summed E-state index contributed by atoms with van der Waals surface area (Å²) in [6.45, 7) is 3.52. The van der Waals surface area contributed by atoms with E-state index in [2.05, 4.69) is 38.9 Å². The van der Waals surface area contributed by atoms with Crippen LogP contribution in [0.5, 0.6) is 0 Å². The van der Waals surface area contributed by atoms with Crippen molar-refractivity contribution in [2.75, 3.05) is 25.5 Å². The number of pyridine rings is 1. The predicted octanol–water partition coefficient (Wildman–Crippen LogP) is 2.84. The number of benzene rings is 1. The van der Waals surface area contributed by atoms with E-state index >= 15 is 0 Å². The van der Waals surface area contributed by atoms with E-state index in [-0.39, 0.29) is 35.8 Å². The summed E-state index contributed by atoms with van der Waals surface area (Å²) in [5.41, 5.74) is 4.55. The molecule has 27 heavy (non-hydrogen) atoms. The van der Waals surface area contributed by atoms with E-state index in [1.165, 1.54) is 16.7 Å². The van der Waals surface area contributed by atoms with Crippen molar-refractivity contribution in [1.29, 1.82) is 0 Å². The SMILES string of the molecule is CN=C(NCCc1ccncc1C)NCC1CC(=O)Nc2ccccc21.I. The lowest BCUT2D eigenvalue weighted by atomic mass is 9.90. The van der Waals surface area contributed by atoms with E-state index in [4.69, 9.17) is 0 Å². The number of amides is 1. The molecule has 0 bridgehead atoms. The van der Waals surface area contributed by atoms with Crippen molar-refractivity contribution >= 4 is 41.5 Å². The highest BCUT2D eigenvalue weighted by Crippen LogP contribution is 2.31. The summed E-state index contributed by atoms with van der Waals surface area (Å²) in [6, 6.07) is 10.0. The van der Waals surface area contributed by atoms with Gasteiger partial charge < -0.3 is 16.0 Å². The molecule has 2 aromatic rings. The predicted molar refractivity (Wildman–Crippen MR) is 120 cm³/mol. The maximum Gasteiger partial charge on any atom is 0.225 e. The third-order valence-electron chi connectivity index (χ3n) is 4.67. The first-order valence-corrected chi connectivity index (χ1v) is 8.90. The van der Waals surface area contributed by atoms with E-state index < -0.39 is 0 Å². The van der Waals surface area contributed by atoms with E-state index in [1.54, 1.807) is 7.05 Å². The number of halogens is 1. The molecule has 1 unspecified atom stereocenters. The number of anilines is 1. The van der Waals surface area contributed by atoms with Crippen LogP contribution in [-0.4, -0.2) is 37.0 Å². The second-order valence-corrected chi connectivity index (χ2v) is 6.47. The second-order valence-electron chi connectivity index (χ2n) is 6.47. The van der Waals surface area contributed by atoms with Crippen LogP contribution in [0.3, 0.4) is 0 Å². The molecule has 0 radical (unpaired) electrons. The van der Waals surface area contributed by atoms with Gasteiger partial charge in [-0.3, -0.25) is 14.8 Å². The number of aliphatic imine (C=N–C) groups is 1. The minimum Gasteiger partial charge on any atom is -0.356 e. The fourth-order valence-corrected chi connectivity index (χ4v) is 3.22. The largest absolute Gasteiger partial charge is 0.356 e. The number of rotatable bonds is 5. The normalized spacial score (nSPS) is 16.0. The number of aryl methyl sites for hydroxylation is 1. The van der Waals surface area contributed by atoms with Gasteiger partial charge in [-0.2, -0.15) is 0 Å². The molecule has 1 aromatic heterocycles. The third kappa shape index (κ3) is 5.66. The summed E-state index contributed by atoms with van der Waals surface area (Å²) in [5.74, 6) is 0.952. The van der Waals surface area contributed by atoms with Crippen LogP contribution in [0.4, 0.5) is 5.69 Å². The number of para-hydroxylation sites is 1. The molecule has 0 saturated carbocycles. The minimum atomic E-state index is 0. The standard InChI is InChI=1S/C20H25N5O.HI/c1-14-12-22-9-7-15(14)8-10-23-20(21-2)24-13-16-11-19(26)25-18-6-4-3-5-17(16)18;/h3-7,9,12,16H,8,10-11,13H2,1-2H3,(H,25,26)(H2,21,23,24);1H. The van der Waals surface area contributed by atoms with Gasteiger partial charge in [0.25, 0.3) is 0 Å². The van der Waals surface area contributed by atoms with Crippen molar-refractivity contribution in [3.05, 3.63) is 59.4 Å². The first-order chi connectivity index (χ1) is 12.7. The summed E-state index contributed by atoms with van der Waals surface area (Å²) >= 11 is 0. The van der Waals surface area contributed by atoms with Crippen LogP contribution in [0.15, 0.2) is 47.7 Å². The van der Waals surface area contributed by atoms with Gasteiger partial charge in [0.1, 0.15) is 0 Å². The molecule has 3 rings (SSSR count). The first kappa shape index (κ1) is 21.1. The highest BCUT2D eigenvalue weighted by Gasteiger charge is 2.24. The smallest absolute Gasteiger partial charge is 0.225 e. The monoisotopic (exact) mass is 479 g/mol. The van der Waals surface area contributed by atoms with Crippen LogP contribution in [0, 0.1) is 6.92 Å². The van der Waals surface area contributed by atoms with Gasteiger partial charge in [0.05, 0.1) is 0 Å². The van der Waals surface area contributed by atoms with Gasteiger partial charge in [0.2, 0.25) is 5.91 Å². The van der Waals surface area contributed by atoms with Crippen molar-refractivity contribution in [2.24, 2.45) is 4.99 Å². The number of hydrogen-bond acceptors (Lipinski definition) is 3. The summed E-state index contributed by atoms with van der Waals surface area (Å²) in [5, 5.41) is 9.62. The van der Waals surface area contributed by atoms with Crippen molar-refractivity contribution in [2.45, 2.75) is 25.7 Å². The van der Waals surface area contributed by atoms with Gasteiger partial charge in [-0.15, -0.1) is 24.0 Å². The Labute approximate surface area is 177 Å². The molecular formula is C20H26IN5O. The molecule has 1 amide bonds. The summed E-state index contributed by atoms with van der Waals surface area (Å²) in [4.78, 5) is 20.3. The zero-order chi connectivity index (χ0) is 18.4. The number of carbonyl (C=O) groups is 1. The summed E-state index contributed by atoms with van der Waals surface area (Å²) < 4.78 is 0. The average Bonchev–Trinajstić information content (AvgIpc) is 2.65. The van der Waals surface area contributed by atoms with Crippen molar-refractivity contribution in [1.82, 2.24) is 15.6 Å². The molecule has 0 fully saturated rings. The van der Waals surface area contributed by atoms with Gasteiger partial charge in [0, 0.05) is 50.6 Å². The quantitative estimate of drug-likeness (QED) is 0.350. The zero-order valence-corrected chi connectivity index (χ0v) is 18.0. The lowest BCUT2D eigenvalue weighted by Crippen LogP contribution is -2.41.